The van der Waals surface area contributed by atoms with E-state index in [-0.39, 0.29) is 29.6 Å². The summed E-state index contributed by atoms with van der Waals surface area (Å²) in [6.07, 6.45) is -6.08. The van der Waals surface area contributed by atoms with Gasteiger partial charge in [0.05, 0.1) is 6.61 Å². The van der Waals surface area contributed by atoms with E-state index in [0.717, 1.165) is 0 Å². The number of rotatable bonds is 2. The molecule has 1 saturated heterocycles. The van der Waals surface area contributed by atoms with Crippen molar-refractivity contribution in [3.8, 4) is 0 Å². The van der Waals surface area contributed by atoms with Crippen LogP contribution in [0.4, 0.5) is 0 Å². The van der Waals surface area contributed by atoms with Gasteiger partial charge in [0.2, 0.25) is 0 Å². The van der Waals surface area contributed by atoms with Crippen molar-refractivity contribution in [2.24, 2.45) is 0 Å². The van der Waals surface area contributed by atoms with Gasteiger partial charge in [0.25, 0.3) is 0 Å². The monoisotopic (exact) mass is 250 g/mol. The van der Waals surface area contributed by atoms with E-state index in [1.54, 1.807) is 0 Å². The van der Waals surface area contributed by atoms with Crippen LogP contribution < -0.4 is 29.6 Å². The number of aliphatic hydroxyl groups is 4. The Morgan fingerprint density at radius 2 is 1.73 bits per heavy atom. The van der Waals surface area contributed by atoms with Gasteiger partial charge in [-0.3, -0.25) is 4.21 Å². The Labute approximate surface area is 111 Å². The van der Waals surface area contributed by atoms with Gasteiger partial charge < -0.3 is 29.7 Å². The summed E-state index contributed by atoms with van der Waals surface area (Å²) in [4.78, 5) is 0. The third kappa shape index (κ3) is 3.43. The van der Waals surface area contributed by atoms with Crippen LogP contribution >= 0.6 is 0 Å². The van der Waals surface area contributed by atoms with E-state index < -0.39 is 47.5 Å². The largest absolute Gasteiger partial charge is 1.00 e. The summed E-state index contributed by atoms with van der Waals surface area (Å²) in [5, 5.41) is 36.3. The van der Waals surface area contributed by atoms with Crippen LogP contribution in [0, 0.1) is 0 Å². The molecule has 84 valence electrons. The molecule has 9 heteroatoms. The third-order valence-electron chi connectivity index (χ3n) is 2.04. The Bertz CT molecular complexity index is 226. The Morgan fingerprint density at radius 1 is 1.20 bits per heavy atom. The Hall–Kier alpha value is 0.910. The van der Waals surface area contributed by atoms with Gasteiger partial charge >= 0.3 is 29.6 Å². The zero-order valence-electron chi connectivity index (χ0n) is 8.02. The molecular weight excluding hydrogens is 239 g/mol. The second-order valence-electron chi connectivity index (χ2n) is 2.96. The summed E-state index contributed by atoms with van der Waals surface area (Å²) in [6.45, 7) is -0.640. The second kappa shape index (κ2) is 6.60. The molecule has 7 nitrogen and oxygen atoms in total. The zero-order valence-corrected chi connectivity index (χ0v) is 10.8. The molecule has 15 heavy (non-hydrogen) atoms. The van der Waals surface area contributed by atoms with E-state index in [4.69, 9.17) is 5.11 Å². The second-order valence-corrected chi connectivity index (χ2v) is 3.94. The first-order valence-corrected chi connectivity index (χ1v) is 5.01. The molecule has 2 unspecified atom stereocenters. The van der Waals surface area contributed by atoms with Gasteiger partial charge in [-0.1, -0.05) is 0 Å². The van der Waals surface area contributed by atoms with E-state index in [2.05, 4.69) is 4.74 Å². The minimum Gasteiger partial charge on any atom is -0.770 e. The number of hydrogen-bond acceptors (Lipinski definition) is 7. The summed E-state index contributed by atoms with van der Waals surface area (Å²) in [5.74, 6) is 0. The molecule has 0 aromatic heterocycles. The first kappa shape index (κ1) is 15.9. The van der Waals surface area contributed by atoms with Crippen molar-refractivity contribution in [2.45, 2.75) is 29.9 Å². The van der Waals surface area contributed by atoms with Crippen molar-refractivity contribution in [3.63, 3.8) is 0 Å². The summed E-state index contributed by atoms with van der Waals surface area (Å²) in [7, 11) is 0. The van der Waals surface area contributed by atoms with Crippen LogP contribution in [-0.4, -0.2) is 65.6 Å². The Balaban J connectivity index is 0.00000196. The molecule has 1 aliphatic rings. The van der Waals surface area contributed by atoms with Crippen molar-refractivity contribution in [1.82, 2.24) is 0 Å². The molecule has 0 aliphatic carbocycles. The van der Waals surface area contributed by atoms with Gasteiger partial charge in [-0.2, -0.15) is 0 Å². The normalized spacial score (nSPS) is 43.1. The van der Waals surface area contributed by atoms with E-state index >= 15 is 0 Å². The zero-order chi connectivity index (χ0) is 10.9. The molecule has 0 aromatic carbocycles. The summed E-state index contributed by atoms with van der Waals surface area (Å²) in [5.41, 5.74) is -1.63. The molecule has 1 rings (SSSR count). The predicted octanol–water partition coefficient (Wildman–Crippen LogP) is -6.33. The smallest absolute Gasteiger partial charge is 0.770 e. The predicted molar refractivity (Wildman–Crippen MR) is 42.7 cm³/mol. The van der Waals surface area contributed by atoms with Crippen LogP contribution in [0.2, 0.25) is 0 Å². The minimum absolute atomic E-state index is 0. The Kier molecular flexibility index (Phi) is 7.00. The van der Waals surface area contributed by atoms with Gasteiger partial charge in [0, 0.05) is 0 Å². The summed E-state index contributed by atoms with van der Waals surface area (Å²) < 4.78 is 25.7. The maximum absolute atomic E-state index is 10.5. The number of ether oxygens (including phenoxy) is 1. The van der Waals surface area contributed by atoms with Gasteiger partial charge in [-0.05, 0) is 11.1 Å². The molecule has 0 aromatic rings. The molecule has 0 amide bonds. The van der Waals surface area contributed by atoms with Crippen LogP contribution in [0.15, 0.2) is 0 Å². The summed E-state index contributed by atoms with van der Waals surface area (Å²) >= 11 is -2.74. The maximum atomic E-state index is 10.5. The first-order chi connectivity index (χ1) is 6.49. The van der Waals surface area contributed by atoms with Crippen LogP contribution in [0.1, 0.15) is 0 Å². The van der Waals surface area contributed by atoms with Crippen LogP contribution in [0.25, 0.3) is 0 Å². The van der Waals surface area contributed by atoms with Gasteiger partial charge in [0.1, 0.15) is 29.9 Å². The van der Waals surface area contributed by atoms with E-state index in [9.17, 15) is 24.1 Å². The quantitative estimate of drug-likeness (QED) is 0.283. The average molecular weight is 250 g/mol. The standard InChI is InChI=1S/C6H12O7S.Na/c7-1-2-3(8)4(9)5(10)6(13-2)14(11)12;/h2-10H,1H2,(H,11,12);/q;+1/p-1/t2-,3-,4+,5+,6?;/m1./s1. The summed E-state index contributed by atoms with van der Waals surface area (Å²) in [6, 6.07) is 0. The minimum atomic E-state index is -2.74. The molecule has 6 atom stereocenters. The molecular formula is C6H11NaO7S. The van der Waals surface area contributed by atoms with E-state index in [0.29, 0.717) is 0 Å². The molecule has 0 radical (unpaired) electrons. The fourth-order valence-corrected chi connectivity index (χ4v) is 1.85. The van der Waals surface area contributed by atoms with E-state index in [1.165, 1.54) is 0 Å². The van der Waals surface area contributed by atoms with Crippen molar-refractivity contribution >= 4 is 11.1 Å². The number of hydrogen-bond donors (Lipinski definition) is 4. The molecule has 4 N–H and O–H groups in total. The van der Waals surface area contributed by atoms with Crippen molar-refractivity contribution < 1.29 is 63.5 Å². The van der Waals surface area contributed by atoms with Gasteiger partial charge in [0.15, 0.2) is 0 Å². The first-order valence-electron chi connectivity index (χ1n) is 3.87. The fourth-order valence-electron chi connectivity index (χ4n) is 1.23. The molecule has 1 heterocycles. The molecule has 0 saturated carbocycles. The molecule has 0 spiro atoms. The van der Waals surface area contributed by atoms with Crippen molar-refractivity contribution in [3.05, 3.63) is 0 Å². The topological polar surface area (TPSA) is 130 Å². The van der Waals surface area contributed by atoms with Crippen molar-refractivity contribution in [1.29, 1.82) is 0 Å². The van der Waals surface area contributed by atoms with Gasteiger partial charge in [-0.15, -0.1) is 0 Å². The Morgan fingerprint density at radius 3 is 2.13 bits per heavy atom. The van der Waals surface area contributed by atoms with Crippen molar-refractivity contribution in [2.75, 3.05) is 6.61 Å². The van der Waals surface area contributed by atoms with Crippen LogP contribution in [0.3, 0.4) is 0 Å². The van der Waals surface area contributed by atoms with E-state index in [1.807, 2.05) is 0 Å². The SMILES string of the molecule is O=S([O-])C1O[C@H](CO)[C@@H](O)[C@H](O)[C@@H]1O.[Na+]. The van der Waals surface area contributed by atoms with Gasteiger partial charge in [-0.25, -0.2) is 0 Å². The maximum Gasteiger partial charge on any atom is 1.00 e. The third-order valence-corrected chi connectivity index (χ3v) is 2.81. The fraction of sp³-hybridized carbons (Fsp3) is 1.00. The van der Waals surface area contributed by atoms with Crippen LogP contribution in [0.5, 0.6) is 0 Å². The van der Waals surface area contributed by atoms with Crippen LogP contribution in [-0.2, 0) is 15.8 Å². The number of aliphatic hydroxyl groups excluding tert-OH is 4. The molecule has 1 fully saturated rings. The average Bonchev–Trinajstić information content (AvgIpc) is 2.14. The molecule has 0 bridgehead atoms. The molecule has 1 aliphatic heterocycles.